The number of esters is 2. The van der Waals surface area contributed by atoms with Crippen LogP contribution >= 0.6 is 11.3 Å². The molecule has 0 fully saturated rings. The van der Waals surface area contributed by atoms with Gasteiger partial charge in [-0.2, -0.15) is 0 Å². The number of nitrogens with one attached hydrogen (secondary N) is 2. The zero-order valence-corrected chi connectivity index (χ0v) is 18.2. The van der Waals surface area contributed by atoms with Crippen molar-refractivity contribution in [1.82, 2.24) is 5.32 Å². The van der Waals surface area contributed by atoms with E-state index in [9.17, 15) is 29.3 Å². The van der Waals surface area contributed by atoms with E-state index in [0.717, 1.165) is 17.4 Å². The first-order valence-electron chi connectivity index (χ1n) is 9.14. The third-order valence-corrected chi connectivity index (χ3v) is 5.32. The number of anilines is 2. The van der Waals surface area contributed by atoms with Crippen LogP contribution in [0.5, 0.6) is 0 Å². The van der Waals surface area contributed by atoms with Crippen LogP contribution in [-0.4, -0.2) is 48.9 Å². The molecule has 0 unspecified atom stereocenters. The zero-order valence-electron chi connectivity index (χ0n) is 17.3. The highest BCUT2D eigenvalue weighted by Gasteiger charge is 2.26. The van der Waals surface area contributed by atoms with Gasteiger partial charge in [0.25, 0.3) is 17.5 Å². The molecule has 1 aromatic carbocycles. The Hall–Kier alpha value is -4.00. The summed E-state index contributed by atoms with van der Waals surface area (Å²) in [6.07, 6.45) is 0. The second-order valence-corrected chi connectivity index (χ2v) is 7.24. The van der Waals surface area contributed by atoms with Crippen LogP contribution in [0.1, 0.15) is 42.9 Å². The number of ether oxygens (including phenoxy) is 2. The Bertz CT molecular complexity index is 1100. The Morgan fingerprint density at radius 1 is 1.19 bits per heavy atom. The summed E-state index contributed by atoms with van der Waals surface area (Å²) >= 11 is 0.865. The van der Waals surface area contributed by atoms with Gasteiger partial charge < -0.3 is 25.8 Å². The summed E-state index contributed by atoms with van der Waals surface area (Å²) in [6, 6.07) is 3.33. The number of nitrogens with zero attached hydrogens (tertiary/aromatic N) is 1. The van der Waals surface area contributed by atoms with Crippen molar-refractivity contribution in [3.8, 4) is 0 Å². The molecule has 2 aromatic rings. The first-order chi connectivity index (χ1) is 15.1. The third-order valence-electron chi connectivity index (χ3n) is 4.11. The van der Waals surface area contributed by atoms with Crippen molar-refractivity contribution in [2.24, 2.45) is 0 Å². The summed E-state index contributed by atoms with van der Waals surface area (Å²) in [6.45, 7) is 2.49. The number of nitro groups is 1. The normalized spacial score (nSPS) is 10.2. The van der Waals surface area contributed by atoms with Gasteiger partial charge in [0.05, 0.1) is 27.5 Å². The van der Waals surface area contributed by atoms with Crippen molar-refractivity contribution in [3.05, 3.63) is 49.9 Å². The molecular formula is C19H20N4O8S. The molecule has 4 N–H and O–H groups in total. The van der Waals surface area contributed by atoms with Gasteiger partial charge in [-0.3, -0.25) is 19.7 Å². The zero-order chi connectivity index (χ0) is 24.0. The van der Waals surface area contributed by atoms with Gasteiger partial charge in [-0.1, -0.05) is 0 Å². The topological polar surface area (TPSA) is 180 Å². The number of benzene rings is 1. The van der Waals surface area contributed by atoms with E-state index in [0.29, 0.717) is 5.56 Å². The number of thiophene rings is 1. The highest BCUT2D eigenvalue weighted by molar-refractivity contribution is 7.18. The fraction of sp³-hybridized carbons (Fsp3) is 0.263. The van der Waals surface area contributed by atoms with E-state index in [1.165, 1.54) is 26.1 Å². The lowest BCUT2D eigenvalue weighted by Gasteiger charge is -2.08. The molecule has 0 saturated heterocycles. The molecule has 0 aliphatic carbocycles. The largest absolute Gasteiger partial charge is 0.462 e. The molecule has 0 spiro atoms. The van der Waals surface area contributed by atoms with E-state index in [-0.39, 0.29) is 33.3 Å². The number of hydrogen-bond acceptors (Lipinski definition) is 10. The number of carbonyl (C=O) groups is 4. The number of nitro benzene ring substituents is 1. The highest BCUT2D eigenvalue weighted by atomic mass is 32.1. The molecule has 1 aromatic heterocycles. The number of nitrogen functional groups attached to an aromatic ring is 1. The summed E-state index contributed by atoms with van der Waals surface area (Å²) in [7, 11) is 1.42. The van der Waals surface area contributed by atoms with Crippen molar-refractivity contribution in [2.75, 3.05) is 31.3 Å². The quantitative estimate of drug-likeness (QED) is 0.227. The van der Waals surface area contributed by atoms with Gasteiger partial charge in [-0.25, -0.2) is 9.59 Å². The lowest BCUT2D eigenvalue weighted by atomic mass is 10.1. The minimum absolute atomic E-state index is 0.0179. The predicted molar refractivity (Wildman–Crippen MR) is 115 cm³/mol. The maximum absolute atomic E-state index is 12.3. The maximum atomic E-state index is 12.3. The molecular weight excluding hydrogens is 444 g/mol. The molecule has 0 atom stereocenters. The average Bonchev–Trinajstić information content (AvgIpc) is 3.07. The number of amides is 2. The van der Waals surface area contributed by atoms with Crippen LogP contribution in [0.4, 0.5) is 16.4 Å². The van der Waals surface area contributed by atoms with Crippen molar-refractivity contribution in [3.63, 3.8) is 0 Å². The van der Waals surface area contributed by atoms with Crippen LogP contribution in [0.25, 0.3) is 0 Å². The lowest BCUT2D eigenvalue weighted by Crippen LogP contribution is -2.22. The number of nitrogens with two attached hydrogens (primary N) is 1. The number of rotatable bonds is 8. The van der Waals surface area contributed by atoms with Gasteiger partial charge >= 0.3 is 11.9 Å². The summed E-state index contributed by atoms with van der Waals surface area (Å²) in [5.74, 6) is -2.95. The lowest BCUT2D eigenvalue weighted by molar-refractivity contribution is -0.383. The number of hydrogen-bond donors (Lipinski definition) is 3. The minimum Gasteiger partial charge on any atom is -0.462 e. The van der Waals surface area contributed by atoms with Crippen molar-refractivity contribution in [1.29, 1.82) is 0 Å². The monoisotopic (exact) mass is 464 g/mol. The Morgan fingerprint density at radius 3 is 2.47 bits per heavy atom. The van der Waals surface area contributed by atoms with Crippen LogP contribution in [0.3, 0.4) is 0 Å². The second kappa shape index (κ2) is 10.3. The second-order valence-electron chi connectivity index (χ2n) is 6.21. The van der Waals surface area contributed by atoms with Crippen molar-refractivity contribution < 1.29 is 33.6 Å². The molecule has 170 valence electrons. The molecule has 0 aliphatic rings. The van der Waals surface area contributed by atoms with Crippen LogP contribution in [0.15, 0.2) is 18.2 Å². The van der Waals surface area contributed by atoms with Gasteiger partial charge in [0.15, 0.2) is 6.61 Å². The van der Waals surface area contributed by atoms with Crippen LogP contribution in [0.2, 0.25) is 0 Å². The summed E-state index contributed by atoms with van der Waals surface area (Å²) in [4.78, 5) is 59.2. The van der Waals surface area contributed by atoms with Crippen LogP contribution < -0.4 is 16.4 Å². The SMILES string of the molecule is CCOC(=O)c1c(NC(=O)COC(=O)c2ccc(N)c([N+](=O)[O-])c2)sc(C(=O)NC)c1C. The molecule has 0 radical (unpaired) electrons. The first kappa shape index (κ1) is 24.3. The first-order valence-corrected chi connectivity index (χ1v) is 9.95. The molecule has 12 nitrogen and oxygen atoms in total. The Kier molecular flexibility index (Phi) is 7.85. The fourth-order valence-corrected chi connectivity index (χ4v) is 3.74. The fourth-order valence-electron chi connectivity index (χ4n) is 2.59. The summed E-state index contributed by atoms with van der Waals surface area (Å²) in [5, 5.41) is 15.9. The van der Waals surface area contributed by atoms with E-state index in [1.807, 2.05) is 0 Å². The average molecular weight is 464 g/mol. The molecule has 32 heavy (non-hydrogen) atoms. The van der Waals surface area contributed by atoms with Crippen molar-refractivity contribution in [2.45, 2.75) is 13.8 Å². The summed E-state index contributed by atoms with van der Waals surface area (Å²) < 4.78 is 9.87. The smallest absolute Gasteiger partial charge is 0.341 e. The van der Waals surface area contributed by atoms with E-state index < -0.39 is 41.0 Å². The van der Waals surface area contributed by atoms with Gasteiger partial charge in [-0.15, -0.1) is 11.3 Å². The van der Waals surface area contributed by atoms with Gasteiger partial charge in [0, 0.05) is 13.1 Å². The van der Waals surface area contributed by atoms with E-state index in [2.05, 4.69) is 10.6 Å². The molecule has 0 saturated carbocycles. The Balaban J connectivity index is 2.16. The molecule has 13 heteroatoms. The van der Waals surface area contributed by atoms with Crippen molar-refractivity contribution >= 4 is 51.5 Å². The third kappa shape index (κ3) is 5.37. The summed E-state index contributed by atoms with van der Waals surface area (Å²) in [5.41, 5.74) is 5.06. The minimum atomic E-state index is -0.984. The van der Waals surface area contributed by atoms with Crippen LogP contribution in [-0.2, 0) is 14.3 Å². The Labute approximate surface area is 185 Å². The van der Waals surface area contributed by atoms with Crippen LogP contribution in [0, 0.1) is 17.0 Å². The molecule has 2 amide bonds. The van der Waals surface area contributed by atoms with Gasteiger partial charge in [0.2, 0.25) is 0 Å². The van der Waals surface area contributed by atoms with E-state index in [4.69, 9.17) is 15.2 Å². The predicted octanol–water partition coefficient (Wildman–Crippen LogP) is 1.88. The maximum Gasteiger partial charge on any atom is 0.341 e. The molecule has 0 aliphatic heterocycles. The van der Waals surface area contributed by atoms with E-state index in [1.54, 1.807) is 6.92 Å². The van der Waals surface area contributed by atoms with Gasteiger partial charge in [-0.05, 0) is 31.5 Å². The number of carbonyl (C=O) groups excluding carboxylic acids is 4. The Morgan fingerprint density at radius 2 is 1.88 bits per heavy atom. The van der Waals surface area contributed by atoms with E-state index >= 15 is 0 Å². The van der Waals surface area contributed by atoms with Gasteiger partial charge in [0.1, 0.15) is 10.7 Å². The molecule has 0 bridgehead atoms. The highest BCUT2D eigenvalue weighted by Crippen LogP contribution is 2.33. The standard InChI is InChI=1S/C19H20N4O8S/c1-4-30-19(27)14-9(2)15(16(25)21-3)32-17(14)22-13(24)8-31-18(26)10-5-6-11(20)12(7-10)23(28)29/h5-7H,4,8,20H2,1-3H3,(H,21,25)(H,22,24). The molecule has 1 heterocycles. The molecule has 2 rings (SSSR count).